The Bertz CT molecular complexity index is 447. The van der Waals surface area contributed by atoms with Crippen LogP contribution in [0.1, 0.15) is 0 Å². The molecular weight excluding hydrogens is 224 g/mol. The van der Waals surface area contributed by atoms with Gasteiger partial charge >= 0.3 is 6.09 Å². The van der Waals surface area contributed by atoms with E-state index in [1.807, 2.05) is 0 Å². The lowest BCUT2D eigenvalue weighted by atomic mass is 10.2. The van der Waals surface area contributed by atoms with Crippen LogP contribution in [0.3, 0.4) is 0 Å². The van der Waals surface area contributed by atoms with Gasteiger partial charge < -0.3 is 20.1 Å². The molecule has 2 rings (SSSR count). The summed E-state index contributed by atoms with van der Waals surface area (Å²) in [5, 5.41) is 5.06. The number of rotatable bonds is 3. The van der Waals surface area contributed by atoms with Crippen LogP contribution >= 0.6 is 0 Å². The van der Waals surface area contributed by atoms with Crippen LogP contribution in [0.5, 0.6) is 5.75 Å². The molecule has 0 spiro atoms. The maximum absolute atomic E-state index is 11.7. The van der Waals surface area contributed by atoms with Crippen molar-refractivity contribution in [2.24, 2.45) is 0 Å². The molecule has 0 radical (unpaired) electrons. The molecule has 0 bridgehead atoms. The highest BCUT2D eigenvalue weighted by Gasteiger charge is 2.28. The highest BCUT2D eigenvalue weighted by atomic mass is 16.6. The Morgan fingerprint density at radius 1 is 1.59 bits per heavy atom. The molecule has 2 amide bonds. The van der Waals surface area contributed by atoms with Crippen LogP contribution in [-0.4, -0.2) is 31.8 Å². The van der Waals surface area contributed by atoms with Gasteiger partial charge in [-0.2, -0.15) is 0 Å². The van der Waals surface area contributed by atoms with Crippen molar-refractivity contribution in [3.8, 4) is 5.75 Å². The second-order valence-corrected chi connectivity index (χ2v) is 3.52. The number of anilines is 1. The summed E-state index contributed by atoms with van der Waals surface area (Å²) in [4.78, 5) is 22.5. The van der Waals surface area contributed by atoms with Crippen molar-refractivity contribution in [1.29, 1.82) is 0 Å². The molecule has 1 aromatic carbocycles. The summed E-state index contributed by atoms with van der Waals surface area (Å²) in [5.74, 6) is 0.332. The molecule has 1 unspecified atom stereocenters. The minimum absolute atomic E-state index is 0.0502. The van der Waals surface area contributed by atoms with Crippen molar-refractivity contribution in [1.82, 2.24) is 5.32 Å². The average molecular weight is 236 g/mol. The van der Waals surface area contributed by atoms with Crippen molar-refractivity contribution in [2.45, 2.75) is 6.04 Å². The van der Waals surface area contributed by atoms with Crippen molar-refractivity contribution in [2.75, 3.05) is 19.0 Å². The first kappa shape index (κ1) is 11.3. The summed E-state index contributed by atoms with van der Waals surface area (Å²) in [6.45, 7) is 0.0502. The third kappa shape index (κ3) is 2.66. The molecule has 1 aromatic rings. The Balaban J connectivity index is 2.00. The first-order valence-electron chi connectivity index (χ1n) is 5.07. The van der Waals surface area contributed by atoms with Gasteiger partial charge in [-0.15, -0.1) is 0 Å². The number of methoxy groups -OCH3 is 1. The number of benzene rings is 1. The summed E-state index contributed by atoms with van der Waals surface area (Å²) in [7, 11) is 1.55. The minimum atomic E-state index is -0.645. The number of hydrogen-bond donors (Lipinski definition) is 2. The molecule has 2 N–H and O–H groups in total. The molecule has 1 saturated heterocycles. The molecule has 1 aliphatic rings. The SMILES string of the molecule is COc1cccc(NC(=O)C2COC(=O)N2)c1. The third-order valence-corrected chi connectivity index (χ3v) is 2.33. The van der Waals surface area contributed by atoms with Crippen LogP contribution in [-0.2, 0) is 9.53 Å². The van der Waals surface area contributed by atoms with Crippen LogP contribution in [0.15, 0.2) is 24.3 Å². The number of amides is 2. The predicted octanol–water partition coefficient (Wildman–Crippen LogP) is 0.742. The normalized spacial score (nSPS) is 18.2. The fourth-order valence-electron chi connectivity index (χ4n) is 1.46. The van der Waals surface area contributed by atoms with Gasteiger partial charge in [0.2, 0.25) is 0 Å². The van der Waals surface area contributed by atoms with E-state index in [4.69, 9.17) is 4.74 Å². The van der Waals surface area contributed by atoms with E-state index in [0.29, 0.717) is 11.4 Å². The average Bonchev–Trinajstić information content (AvgIpc) is 2.76. The molecule has 1 aliphatic heterocycles. The van der Waals surface area contributed by atoms with E-state index in [0.717, 1.165) is 0 Å². The molecule has 1 heterocycles. The molecule has 17 heavy (non-hydrogen) atoms. The number of carbonyl (C=O) groups excluding carboxylic acids is 2. The number of cyclic esters (lactones) is 1. The van der Waals surface area contributed by atoms with Gasteiger partial charge in [-0.05, 0) is 12.1 Å². The summed E-state index contributed by atoms with van der Waals surface area (Å²) in [5.41, 5.74) is 0.607. The molecule has 1 fully saturated rings. The van der Waals surface area contributed by atoms with Gasteiger partial charge in [0.05, 0.1) is 7.11 Å². The lowest BCUT2D eigenvalue weighted by molar-refractivity contribution is -0.117. The number of nitrogens with one attached hydrogen (secondary N) is 2. The standard InChI is InChI=1S/C11H12N2O4/c1-16-8-4-2-3-7(5-8)12-10(14)9-6-17-11(15)13-9/h2-5,9H,6H2,1H3,(H,12,14)(H,13,15). The van der Waals surface area contributed by atoms with E-state index in [1.165, 1.54) is 0 Å². The molecule has 0 saturated carbocycles. The maximum Gasteiger partial charge on any atom is 0.407 e. The van der Waals surface area contributed by atoms with E-state index in [1.54, 1.807) is 31.4 Å². The summed E-state index contributed by atoms with van der Waals surface area (Å²) >= 11 is 0. The molecule has 6 heteroatoms. The van der Waals surface area contributed by atoms with E-state index in [9.17, 15) is 9.59 Å². The second kappa shape index (κ2) is 4.73. The Morgan fingerprint density at radius 2 is 2.41 bits per heavy atom. The Morgan fingerprint density at radius 3 is 3.06 bits per heavy atom. The molecule has 0 aromatic heterocycles. The molecule has 1 atom stereocenters. The molecule has 0 aliphatic carbocycles. The fraction of sp³-hybridized carbons (Fsp3) is 0.273. The van der Waals surface area contributed by atoms with E-state index in [-0.39, 0.29) is 12.5 Å². The summed E-state index contributed by atoms with van der Waals surface area (Å²) < 4.78 is 9.67. The van der Waals surface area contributed by atoms with Gasteiger partial charge in [-0.25, -0.2) is 4.79 Å². The van der Waals surface area contributed by atoms with Gasteiger partial charge in [-0.3, -0.25) is 4.79 Å². The lowest BCUT2D eigenvalue weighted by Crippen LogP contribution is -2.38. The van der Waals surface area contributed by atoms with Crippen LogP contribution in [0.2, 0.25) is 0 Å². The third-order valence-electron chi connectivity index (χ3n) is 2.33. The monoisotopic (exact) mass is 236 g/mol. The van der Waals surface area contributed by atoms with Crippen molar-refractivity contribution in [3.63, 3.8) is 0 Å². The summed E-state index contributed by atoms with van der Waals surface area (Å²) in [6, 6.07) is 6.32. The topological polar surface area (TPSA) is 76.7 Å². The van der Waals surface area contributed by atoms with Crippen LogP contribution < -0.4 is 15.4 Å². The zero-order valence-corrected chi connectivity index (χ0v) is 9.23. The Hall–Kier alpha value is -2.24. The molecule has 6 nitrogen and oxygen atoms in total. The van der Waals surface area contributed by atoms with Crippen LogP contribution in [0.4, 0.5) is 10.5 Å². The molecule has 90 valence electrons. The zero-order valence-electron chi connectivity index (χ0n) is 9.23. The largest absolute Gasteiger partial charge is 0.497 e. The molecular formula is C11H12N2O4. The second-order valence-electron chi connectivity index (χ2n) is 3.52. The van der Waals surface area contributed by atoms with Crippen molar-refractivity contribution in [3.05, 3.63) is 24.3 Å². The van der Waals surface area contributed by atoms with Crippen molar-refractivity contribution >= 4 is 17.7 Å². The number of alkyl carbamates (subject to hydrolysis) is 1. The Kier molecular flexibility index (Phi) is 3.13. The maximum atomic E-state index is 11.7. The first-order chi connectivity index (χ1) is 8.19. The van der Waals surface area contributed by atoms with E-state index >= 15 is 0 Å². The zero-order chi connectivity index (χ0) is 12.3. The van der Waals surface area contributed by atoms with Gasteiger partial charge in [-0.1, -0.05) is 6.07 Å². The number of ether oxygens (including phenoxy) is 2. The van der Waals surface area contributed by atoms with Gasteiger partial charge in [0.25, 0.3) is 5.91 Å². The minimum Gasteiger partial charge on any atom is -0.497 e. The fourth-order valence-corrected chi connectivity index (χ4v) is 1.46. The van der Waals surface area contributed by atoms with Crippen molar-refractivity contribution < 1.29 is 19.1 Å². The predicted molar refractivity (Wildman–Crippen MR) is 59.9 cm³/mol. The lowest BCUT2D eigenvalue weighted by Gasteiger charge is -2.09. The quantitative estimate of drug-likeness (QED) is 0.811. The number of carbonyl (C=O) groups is 2. The first-order valence-corrected chi connectivity index (χ1v) is 5.07. The van der Waals surface area contributed by atoms with E-state index in [2.05, 4.69) is 15.4 Å². The summed E-state index contributed by atoms with van der Waals surface area (Å²) in [6.07, 6.45) is -0.573. The highest BCUT2D eigenvalue weighted by Crippen LogP contribution is 2.17. The Labute approximate surface area is 97.9 Å². The number of hydrogen-bond acceptors (Lipinski definition) is 4. The van der Waals surface area contributed by atoms with Crippen LogP contribution in [0.25, 0.3) is 0 Å². The van der Waals surface area contributed by atoms with Crippen LogP contribution in [0, 0.1) is 0 Å². The van der Waals surface area contributed by atoms with Gasteiger partial charge in [0, 0.05) is 11.8 Å². The highest BCUT2D eigenvalue weighted by molar-refractivity contribution is 5.97. The van der Waals surface area contributed by atoms with E-state index < -0.39 is 12.1 Å². The smallest absolute Gasteiger partial charge is 0.407 e. The van der Waals surface area contributed by atoms with Gasteiger partial charge in [0.1, 0.15) is 18.4 Å². The van der Waals surface area contributed by atoms with Gasteiger partial charge in [0.15, 0.2) is 0 Å².